The molecule has 1 aliphatic heterocycles. The van der Waals surface area contributed by atoms with E-state index in [1.165, 1.54) is 6.07 Å². The summed E-state index contributed by atoms with van der Waals surface area (Å²) < 4.78 is 40.1. The molecule has 134 valence electrons. The van der Waals surface area contributed by atoms with Gasteiger partial charge < -0.3 is 10.0 Å². The summed E-state index contributed by atoms with van der Waals surface area (Å²) in [6.07, 6.45) is 0.459. The van der Waals surface area contributed by atoms with Crippen LogP contribution in [0.15, 0.2) is 41.3 Å². The van der Waals surface area contributed by atoms with Crippen LogP contribution in [0.25, 0.3) is 0 Å². The fourth-order valence-corrected chi connectivity index (χ4v) is 3.49. The number of hydrogen-bond donors (Lipinski definition) is 1. The van der Waals surface area contributed by atoms with E-state index in [4.69, 9.17) is 0 Å². The second kappa shape index (κ2) is 7.29. The topological polar surface area (TPSA) is 49.3 Å². The van der Waals surface area contributed by atoms with Crippen LogP contribution in [0, 0.1) is 5.92 Å². The Bertz CT molecular complexity index is 719. The van der Waals surface area contributed by atoms with Gasteiger partial charge in [-0.25, -0.2) is 4.98 Å². The van der Waals surface area contributed by atoms with E-state index in [1.807, 2.05) is 6.07 Å². The number of pyridine rings is 2. The maximum Gasteiger partial charge on any atom is 0.435 e. The number of anilines is 1. The van der Waals surface area contributed by atoms with Crippen molar-refractivity contribution in [3.05, 3.63) is 52.5 Å². The van der Waals surface area contributed by atoms with Crippen LogP contribution in [0.2, 0.25) is 0 Å². The molecular weight excluding hydrogens is 399 g/mol. The lowest BCUT2D eigenvalue weighted by molar-refractivity contribution is -0.140. The van der Waals surface area contributed by atoms with Gasteiger partial charge in [-0.05, 0) is 52.4 Å². The molecule has 3 heterocycles. The molecule has 0 radical (unpaired) electrons. The Kier molecular flexibility index (Phi) is 5.29. The SMILES string of the molecule is OC(c1cccnc1)C1CCN(c2cc(Br)cnc2C(F)(F)F)CC1. The first-order chi connectivity index (χ1) is 11.9. The fourth-order valence-electron chi connectivity index (χ4n) is 3.17. The molecule has 0 aliphatic carbocycles. The standard InChI is InChI=1S/C17H17BrF3N3O/c18-13-8-14(16(23-10-13)17(19,20)21)24-6-3-11(4-7-24)15(25)12-2-1-5-22-9-12/h1-2,5,8-11,15,25H,3-4,6-7H2. The van der Waals surface area contributed by atoms with Gasteiger partial charge in [-0.1, -0.05) is 6.07 Å². The van der Waals surface area contributed by atoms with Gasteiger partial charge >= 0.3 is 6.18 Å². The number of nitrogens with zero attached hydrogens (tertiary/aromatic N) is 3. The maximum atomic E-state index is 13.2. The van der Waals surface area contributed by atoms with E-state index in [2.05, 4.69) is 25.9 Å². The average molecular weight is 416 g/mol. The smallest absolute Gasteiger partial charge is 0.388 e. The van der Waals surface area contributed by atoms with Crippen molar-refractivity contribution >= 4 is 21.6 Å². The van der Waals surface area contributed by atoms with Crippen molar-refractivity contribution in [2.45, 2.75) is 25.1 Å². The highest BCUT2D eigenvalue weighted by Gasteiger charge is 2.38. The number of aliphatic hydroxyl groups is 1. The molecule has 1 N–H and O–H groups in total. The zero-order valence-electron chi connectivity index (χ0n) is 13.2. The van der Waals surface area contributed by atoms with E-state index in [9.17, 15) is 18.3 Å². The lowest BCUT2D eigenvalue weighted by atomic mass is 9.88. The number of piperidine rings is 1. The van der Waals surface area contributed by atoms with E-state index >= 15 is 0 Å². The molecule has 1 fully saturated rings. The molecule has 3 rings (SSSR count). The highest BCUT2D eigenvalue weighted by molar-refractivity contribution is 9.10. The van der Waals surface area contributed by atoms with E-state index in [-0.39, 0.29) is 11.6 Å². The van der Waals surface area contributed by atoms with Crippen LogP contribution in [-0.2, 0) is 6.18 Å². The van der Waals surface area contributed by atoms with Gasteiger partial charge in [0.1, 0.15) is 0 Å². The molecule has 0 amide bonds. The highest BCUT2D eigenvalue weighted by Crippen LogP contribution is 2.39. The monoisotopic (exact) mass is 415 g/mol. The Hall–Kier alpha value is -1.67. The number of alkyl halides is 3. The largest absolute Gasteiger partial charge is 0.435 e. The zero-order chi connectivity index (χ0) is 18.0. The van der Waals surface area contributed by atoms with Crippen LogP contribution in [0.5, 0.6) is 0 Å². The quantitative estimate of drug-likeness (QED) is 0.815. The Balaban J connectivity index is 1.74. The summed E-state index contributed by atoms with van der Waals surface area (Å²) in [7, 11) is 0. The summed E-state index contributed by atoms with van der Waals surface area (Å²) in [5, 5.41) is 10.5. The number of aliphatic hydroxyl groups excluding tert-OH is 1. The van der Waals surface area contributed by atoms with Crippen molar-refractivity contribution < 1.29 is 18.3 Å². The van der Waals surface area contributed by atoms with Gasteiger partial charge in [0.2, 0.25) is 0 Å². The van der Waals surface area contributed by atoms with Crippen molar-refractivity contribution in [1.29, 1.82) is 0 Å². The molecule has 25 heavy (non-hydrogen) atoms. The summed E-state index contributed by atoms with van der Waals surface area (Å²) in [5.74, 6) is -0.00472. The van der Waals surface area contributed by atoms with Crippen LogP contribution >= 0.6 is 15.9 Å². The first-order valence-electron chi connectivity index (χ1n) is 7.92. The lowest BCUT2D eigenvalue weighted by Gasteiger charge is -2.36. The lowest BCUT2D eigenvalue weighted by Crippen LogP contribution is -2.37. The van der Waals surface area contributed by atoms with Crippen LogP contribution in [0.3, 0.4) is 0 Å². The Morgan fingerprint density at radius 2 is 1.96 bits per heavy atom. The van der Waals surface area contributed by atoms with Crippen LogP contribution in [0.4, 0.5) is 18.9 Å². The van der Waals surface area contributed by atoms with Crippen LogP contribution in [-0.4, -0.2) is 28.2 Å². The van der Waals surface area contributed by atoms with Crippen molar-refractivity contribution in [2.24, 2.45) is 5.92 Å². The summed E-state index contributed by atoms with van der Waals surface area (Å²) >= 11 is 3.19. The number of aromatic nitrogens is 2. The zero-order valence-corrected chi connectivity index (χ0v) is 14.8. The van der Waals surface area contributed by atoms with Gasteiger partial charge in [0.25, 0.3) is 0 Å². The second-order valence-corrected chi connectivity index (χ2v) is 6.99. The third-order valence-electron chi connectivity index (χ3n) is 4.46. The summed E-state index contributed by atoms with van der Waals surface area (Å²) in [4.78, 5) is 9.25. The third kappa shape index (κ3) is 4.12. The summed E-state index contributed by atoms with van der Waals surface area (Å²) in [6, 6.07) is 5.02. The van der Waals surface area contributed by atoms with Gasteiger partial charge in [-0.3, -0.25) is 4.98 Å². The minimum absolute atomic E-state index is 0.00472. The molecule has 1 unspecified atom stereocenters. The molecule has 1 atom stereocenters. The van der Waals surface area contributed by atoms with E-state index in [0.717, 1.165) is 11.8 Å². The Labute approximate surface area is 151 Å². The van der Waals surface area contributed by atoms with Gasteiger partial charge in [0, 0.05) is 36.2 Å². The molecule has 0 bridgehead atoms. The maximum absolute atomic E-state index is 13.2. The summed E-state index contributed by atoms with van der Waals surface area (Å²) in [6.45, 7) is 0.867. The molecule has 0 aromatic carbocycles. The normalized spacial score (nSPS) is 17.6. The highest BCUT2D eigenvalue weighted by atomic mass is 79.9. The van der Waals surface area contributed by atoms with Crippen LogP contribution < -0.4 is 4.90 Å². The van der Waals surface area contributed by atoms with Gasteiger partial charge in [-0.2, -0.15) is 13.2 Å². The van der Waals surface area contributed by atoms with E-state index < -0.39 is 18.0 Å². The molecule has 1 saturated heterocycles. The molecule has 2 aromatic heterocycles. The number of halogens is 4. The van der Waals surface area contributed by atoms with Crippen molar-refractivity contribution in [1.82, 2.24) is 9.97 Å². The van der Waals surface area contributed by atoms with Gasteiger partial charge in [0.15, 0.2) is 5.69 Å². The molecule has 0 spiro atoms. The fraction of sp³-hybridized carbons (Fsp3) is 0.412. The van der Waals surface area contributed by atoms with Crippen molar-refractivity contribution in [2.75, 3.05) is 18.0 Å². The minimum Gasteiger partial charge on any atom is -0.388 e. The van der Waals surface area contributed by atoms with E-state index in [0.29, 0.717) is 30.4 Å². The predicted molar refractivity (Wildman–Crippen MR) is 91.1 cm³/mol. The third-order valence-corrected chi connectivity index (χ3v) is 4.89. The Morgan fingerprint density at radius 1 is 1.24 bits per heavy atom. The van der Waals surface area contributed by atoms with Crippen molar-refractivity contribution in [3.8, 4) is 0 Å². The molecule has 4 nitrogen and oxygen atoms in total. The molecular formula is C17H17BrF3N3O. The number of rotatable bonds is 3. The first-order valence-corrected chi connectivity index (χ1v) is 8.71. The van der Waals surface area contributed by atoms with Crippen molar-refractivity contribution in [3.63, 3.8) is 0 Å². The Morgan fingerprint density at radius 3 is 2.56 bits per heavy atom. The minimum atomic E-state index is -4.50. The van der Waals surface area contributed by atoms with E-state index in [1.54, 1.807) is 23.4 Å². The van der Waals surface area contributed by atoms with Crippen LogP contribution in [0.1, 0.15) is 30.2 Å². The molecule has 1 aliphatic rings. The predicted octanol–water partition coefficient (Wildman–Crippen LogP) is 4.21. The molecule has 2 aromatic rings. The average Bonchev–Trinajstić information content (AvgIpc) is 2.61. The van der Waals surface area contributed by atoms with Gasteiger partial charge in [0.05, 0.1) is 11.8 Å². The first kappa shape index (κ1) is 18.1. The second-order valence-electron chi connectivity index (χ2n) is 6.07. The number of hydrogen-bond acceptors (Lipinski definition) is 4. The van der Waals surface area contributed by atoms with Gasteiger partial charge in [-0.15, -0.1) is 0 Å². The molecule has 0 saturated carbocycles. The summed E-state index contributed by atoms with van der Waals surface area (Å²) in [5.41, 5.74) is -0.0563. The molecule has 8 heteroatoms.